The molecule has 29 heavy (non-hydrogen) atoms. The first-order chi connectivity index (χ1) is 13.9. The van der Waals surface area contributed by atoms with E-state index in [1.165, 1.54) is 24.3 Å². The Labute approximate surface area is 166 Å². The second kappa shape index (κ2) is 8.47. The number of rotatable bonds is 5. The largest absolute Gasteiger partial charge is 0.452 e. The molecule has 0 fully saturated rings. The predicted octanol–water partition coefficient (Wildman–Crippen LogP) is 1.85. The van der Waals surface area contributed by atoms with Crippen LogP contribution in [0, 0.1) is 0 Å². The van der Waals surface area contributed by atoms with Crippen molar-refractivity contribution in [2.45, 2.75) is 13.3 Å². The summed E-state index contributed by atoms with van der Waals surface area (Å²) in [5.41, 5.74) is 0.413. The van der Waals surface area contributed by atoms with Gasteiger partial charge >= 0.3 is 12.0 Å². The molecule has 2 aromatic rings. The van der Waals surface area contributed by atoms with Crippen LogP contribution in [-0.2, 0) is 9.53 Å². The summed E-state index contributed by atoms with van der Waals surface area (Å²) in [6.45, 7) is 1.54. The normalized spacial score (nSPS) is 11.9. The summed E-state index contributed by atoms with van der Waals surface area (Å²) in [5, 5.41) is 4.48. The lowest BCUT2D eigenvalue weighted by atomic mass is 9.82. The van der Waals surface area contributed by atoms with Crippen molar-refractivity contribution in [1.82, 2.24) is 10.6 Å². The minimum atomic E-state index is -0.938. The Morgan fingerprint density at radius 1 is 0.897 bits per heavy atom. The lowest BCUT2D eigenvalue weighted by Gasteiger charge is -2.19. The van der Waals surface area contributed by atoms with E-state index in [-0.39, 0.29) is 33.6 Å². The first-order valence-corrected chi connectivity index (χ1v) is 9.00. The zero-order valence-corrected chi connectivity index (χ0v) is 15.6. The Balaban J connectivity index is 1.77. The molecule has 0 saturated carbocycles. The van der Waals surface area contributed by atoms with Crippen LogP contribution in [0.2, 0.25) is 0 Å². The van der Waals surface area contributed by atoms with Gasteiger partial charge in [-0.2, -0.15) is 0 Å². The molecule has 0 heterocycles. The lowest BCUT2D eigenvalue weighted by molar-refractivity contribution is -0.123. The summed E-state index contributed by atoms with van der Waals surface area (Å²) >= 11 is 0. The maximum atomic E-state index is 12.9. The number of benzene rings is 2. The zero-order chi connectivity index (χ0) is 21.0. The number of imide groups is 1. The molecule has 1 aliphatic rings. The Morgan fingerprint density at radius 3 is 2.24 bits per heavy atom. The third-order valence-electron chi connectivity index (χ3n) is 4.30. The Morgan fingerprint density at radius 2 is 1.55 bits per heavy atom. The van der Waals surface area contributed by atoms with Gasteiger partial charge in [-0.05, 0) is 12.5 Å². The fourth-order valence-electron chi connectivity index (χ4n) is 2.97. The monoisotopic (exact) mass is 394 g/mol. The molecular weight excluding hydrogens is 376 g/mol. The molecule has 0 aliphatic heterocycles. The number of nitrogens with one attached hydrogen (secondary N) is 2. The summed E-state index contributed by atoms with van der Waals surface area (Å²) in [5.74, 6) is -2.59. The van der Waals surface area contributed by atoms with Gasteiger partial charge in [-0.3, -0.25) is 19.7 Å². The molecule has 8 heteroatoms. The van der Waals surface area contributed by atoms with E-state index >= 15 is 0 Å². The number of fused-ring (bicyclic) bond motifs is 2. The predicted molar refractivity (Wildman–Crippen MR) is 102 cm³/mol. The fourth-order valence-corrected chi connectivity index (χ4v) is 2.97. The third kappa shape index (κ3) is 4.06. The van der Waals surface area contributed by atoms with Crippen molar-refractivity contribution in [1.29, 1.82) is 0 Å². The summed E-state index contributed by atoms with van der Waals surface area (Å²) in [7, 11) is 0. The van der Waals surface area contributed by atoms with Crippen LogP contribution >= 0.6 is 0 Å². The van der Waals surface area contributed by atoms with Gasteiger partial charge in [0, 0.05) is 28.8 Å². The van der Waals surface area contributed by atoms with E-state index < -0.39 is 30.3 Å². The molecule has 0 radical (unpaired) electrons. The van der Waals surface area contributed by atoms with Gasteiger partial charge in [0.05, 0.1) is 5.56 Å². The van der Waals surface area contributed by atoms with Gasteiger partial charge in [0.1, 0.15) is 0 Å². The number of ether oxygens (including phenoxy) is 1. The fraction of sp³-hybridized carbons (Fsp3) is 0.190. The quantitative estimate of drug-likeness (QED) is 0.638. The average molecular weight is 394 g/mol. The van der Waals surface area contributed by atoms with Crippen molar-refractivity contribution in [3.8, 4) is 0 Å². The smallest absolute Gasteiger partial charge is 0.339 e. The average Bonchev–Trinajstić information content (AvgIpc) is 2.73. The van der Waals surface area contributed by atoms with Gasteiger partial charge in [0.15, 0.2) is 18.2 Å². The molecule has 8 nitrogen and oxygen atoms in total. The number of esters is 1. The molecule has 2 N–H and O–H groups in total. The molecule has 0 aromatic heterocycles. The van der Waals surface area contributed by atoms with E-state index in [0.29, 0.717) is 13.0 Å². The number of urea groups is 1. The number of hydrogen-bond donors (Lipinski definition) is 2. The van der Waals surface area contributed by atoms with Crippen molar-refractivity contribution < 1.29 is 28.7 Å². The van der Waals surface area contributed by atoms with Crippen LogP contribution in [-0.4, -0.2) is 42.6 Å². The van der Waals surface area contributed by atoms with Gasteiger partial charge in [0.2, 0.25) is 0 Å². The van der Waals surface area contributed by atoms with E-state index in [2.05, 4.69) is 5.32 Å². The topological polar surface area (TPSA) is 119 Å². The molecule has 0 spiro atoms. The van der Waals surface area contributed by atoms with Crippen LogP contribution in [0.5, 0.6) is 0 Å². The summed E-state index contributed by atoms with van der Waals surface area (Å²) in [6, 6.07) is 9.95. The first kappa shape index (κ1) is 19.9. The molecule has 1 aliphatic carbocycles. The minimum absolute atomic E-state index is 0.0534. The third-order valence-corrected chi connectivity index (χ3v) is 4.30. The Hall–Kier alpha value is -3.81. The van der Waals surface area contributed by atoms with Crippen molar-refractivity contribution in [3.63, 3.8) is 0 Å². The number of carbonyl (C=O) groups is 5. The molecule has 2 aromatic carbocycles. The van der Waals surface area contributed by atoms with Crippen LogP contribution in [0.15, 0.2) is 42.5 Å². The molecular formula is C21H18N2O6. The molecule has 148 valence electrons. The molecule has 0 unspecified atom stereocenters. The first-order valence-electron chi connectivity index (χ1n) is 9.00. The van der Waals surface area contributed by atoms with Gasteiger partial charge in [0.25, 0.3) is 5.91 Å². The van der Waals surface area contributed by atoms with Crippen molar-refractivity contribution in [3.05, 3.63) is 70.3 Å². The lowest BCUT2D eigenvalue weighted by Crippen LogP contribution is -2.41. The number of hydrogen-bond acceptors (Lipinski definition) is 6. The van der Waals surface area contributed by atoms with E-state index in [9.17, 15) is 24.0 Å². The second-order valence-corrected chi connectivity index (χ2v) is 6.31. The number of ketones is 2. The van der Waals surface area contributed by atoms with Crippen molar-refractivity contribution in [2.75, 3.05) is 13.2 Å². The maximum absolute atomic E-state index is 12.9. The van der Waals surface area contributed by atoms with Crippen LogP contribution in [0.4, 0.5) is 4.79 Å². The molecule has 0 bridgehead atoms. The molecule has 0 atom stereocenters. The SMILES string of the molecule is CCCNC(=O)NC(=O)COC(=O)c1cccc2c1C(=O)c1ccccc1C2=O. The van der Waals surface area contributed by atoms with Crippen molar-refractivity contribution in [2.24, 2.45) is 0 Å². The second-order valence-electron chi connectivity index (χ2n) is 6.31. The van der Waals surface area contributed by atoms with Gasteiger partial charge < -0.3 is 10.1 Å². The van der Waals surface area contributed by atoms with Crippen LogP contribution in [0.1, 0.15) is 55.5 Å². The van der Waals surface area contributed by atoms with Crippen LogP contribution in [0.25, 0.3) is 0 Å². The molecule has 3 rings (SSSR count). The Bertz CT molecular complexity index is 1030. The van der Waals surface area contributed by atoms with E-state index in [1.807, 2.05) is 12.2 Å². The Kier molecular flexibility index (Phi) is 5.82. The minimum Gasteiger partial charge on any atom is -0.452 e. The van der Waals surface area contributed by atoms with Crippen LogP contribution < -0.4 is 10.6 Å². The van der Waals surface area contributed by atoms with E-state index in [1.54, 1.807) is 18.2 Å². The highest BCUT2D eigenvalue weighted by Crippen LogP contribution is 2.29. The van der Waals surface area contributed by atoms with Gasteiger partial charge in [-0.1, -0.05) is 43.3 Å². The standard InChI is InChI=1S/C21H18N2O6/c1-2-10-22-21(28)23-16(24)11-29-20(27)15-9-5-8-14-17(15)19(26)13-7-4-3-6-12(13)18(14)25/h3-9H,2,10-11H2,1H3,(H2,22,23,24,28). The van der Waals surface area contributed by atoms with Gasteiger partial charge in [-0.15, -0.1) is 0 Å². The highest BCUT2D eigenvalue weighted by molar-refractivity contribution is 6.30. The van der Waals surface area contributed by atoms with E-state index in [0.717, 1.165) is 0 Å². The number of carbonyl (C=O) groups excluding carboxylic acids is 5. The summed E-state index contributed by atoms with van der Waals surface area (Å²) < 4.78 is 4.94. The van der Waals surface area contributed by atoms with Crippen molar-refractivity contribution >= 4 is 29.5 Å². The maximum Gasteiger partial charge on any atom is 0.339 e. The summed E-state index contributed by atoms with van der Waals surface area (Å²) in [6.07, 6.45) is 0.700. The summed E-state index contributed by atoms with van der Waals surface area (Å²) in [4.78, 5) is 61.2. The molecule has 0 saturated heterocycles. The van der Waals surface area contributed by atoms with E-state index in [4.69, 9.17) is 4.74 Å². The highest BCUT2D eigenvalue weighted by atomic mass is 16.5. The highest BCUT2D eigenvalue weighted by Gasteiger charge is 2.33. The van der Waals surface area contributed by atoms with Crippen LogP contribution in [0.3, 0.4) is 0 Å². The number of amides is 3. The molecule has 3 amide bonds. The zero-order valence-electron chi connectivity index (χ0n) is 15.6. The van der Waals surface area contributed by atoms with Gasteiger partial charge in [-0.25, -0.2) is 9.59 Å².